The molecule has 0 aromatic heterocycles. The van der Waals surface area contributed by atoms with Gasteiger partial charge in [-0.05, 0) is 51.0 Å². The van der Waals surface area contributed by atoms with Gasteiger partial charge in [-0.1, -0.05) is 33.1 Å². The van der Waals surface area contributed by atoms with Gasteiger partial charge in [0.05, 0.1) is 0 Å². The van der Waals surface area contributed by atoms with Crippen molar-refractivity contribution in [3.05, 3.63) is 0 Å². The Morgan fingerprint density at radius 1 is 1.15 bits per heavy atom. The number of carbonyl (C=O) groups is 1. The standard InChI is InChI=1S/C17H32N2O/c1-13-7-8-15(14(2)11-13)19-16(20)12-17(18-3)9-5-4-6-10-17/h13-15,18H,4-12H2,1-3H3,(H,19,20). The molecule has 1 amide bonds. The SMILES string of the molecule is CNC1(CC(=O)NC2CCC(C)CC2C)CCCCC1. The summed E-state index contributed by atoms with van der Waals surface area (Å²) < 4.78 is 0. The second-order valence-corrected chi connectivity index (χ2v) is 7.34. The summed E-state index contributed by atoms with van der Waals surface area (Å²) in [5.41, 5.74) is 0.0630. The molecule has 116 valence electrons. The van der Waals surface area contributed by atoms with Gasteiger partial charge in [-0.2, -0.15) is 0 Å². The van der Waals surface area contributed by atoms with Crippen LogP contribution < -0.4 is 10.6 Å². The summed E-state index contributed by atoms with van der Waals surface area (Å²) in [6, 6.07) is 0.399. The molecule has 0 heterocycles. The highest BCUT2D eigenvalue weighted by Gasteiger charge is 2.34. The minimum absolute atomic E-state index is 0.0630. The van der Waals surface area contributed by atoms with Crippen molar-refractivity contribution in [2.45, 2.75) is 83.2 Å². The number of hydrogen-bond acceptors (Lipinski definition) is 2. The second kappa shape index (κ2) is 6.93. The molecule has 0 aromatic rings. The monoisotopic (exact) mass is 280 g/mol. The van der Waals surface area contributed by atoms with E-state index in [0.717, 1.165) is 25.2 Å². The van der Waals surface area contributed by atoms with Crippen molar-refractivity contribution in [2.24, 2.45) is 11.8 Å². The van der Waals surface area contributed by atoms with Crippen LogP contribution in [-0.2, 0) is 4.79 Å². The van der Waals surface area contributed by atoms with E-state index >= 15 is 0 Å². The van der Waals surface area contributed by atoms with Gasteiger partial charge in [0.25, 0.3) is 0 Å². The minimum atomic E-state index is 0.0630. The highest BCUT2D eigenvalue weighted by Crippen LogP contribution is 2.32. The van der Waals surface area contributed by atoms with E-state index in [0.29, 0.717) is 18.4 Å². The summed E-state index contributed by atoms with van der Waals surface area (Å²) in [6.07, 6.45) is 10.4. The van der Waals surface area contributed by atoms with Gasteiger partial charge in [0.15, 0.2) is 0 Å². The molecule has 3 atom stereocenters. The number of nitrogens with one attached hydrogen (secondary N) is 2. The van der Waals surface area contributed by atoms with Crippen molar-refractivity contribution in [2.75, 3.05) is 7.05 Å². The average molecular weight is 280 g/mol. The average Bonchev–Trinajstić information content (AvgIpc) is 2.43. The van der Waals surface area contributed by atoms with Crippen molar-refractivity contribution in [3.8, 4) is 0 Å². The Balaban J connectivity index is 1.85. The zero-order chi connectivity index (χ0) is 14.6. The molecule has 2 aliphatic carbocycles. The third-order valence-corrected chi connectivity index (χ3v) is 5.62. The van der Waals surface area contributed by atoms with Crippen LogP contribution in [0.5, 0.6) is 0 Å². The maximum absolute atomic E-state index is 12.4. The van der Waals surface area contributed by atoms with Crippen molar-refractivity contribution < 1.29 is 4.79 Å². The predicted octanol–water partition coefficient (Wildman–Crippen LogP) is 3.24. The van der Waals surface area contributed by atoms with Crippen LogP contribution in [0, 0.1) is 11.8 Å². The summed E-state index contributed by atoms with van der Waals surface area (Å²) in [7, 11) is 2.02. The highest BCUT2D eigenvalue weighted by molar-refractivity contribution is 5.77. The normalized spacial score (nSPS) is 33.6. The fraction of sp³-hybridized carbons (Fsp3) is 0.941. The van der Waals surface area contributed by atoms with E-state index < -0.39 is 0 Å². The molecule has 3 unspecified atom stereocenters. The number of amides is 1. The molecular weight excluding hydrogens is 248 g/mol. The third-order valence-electron chi connectivity index (χ3n) is 5.62. The van der Waals surface area contributed by atoms with Crippen LogP contribution in [0.2, 0.25) is 0 Å². The lowest BCUT2D eigenvalue weighted by molar-refractivity contribution is -0.124. The van der Waals surface area contributed by atoms with Crippen LogP contribution in [0.1, 0.15) is 71.6 Å². The van der Waals surface area contributed by atoms with Crippen molar-refractivity contribution >= 4 is 5.91 Å². The van der Waals surface area contributed by atoms with Gasteiger partial charge < -0.3 is 10.6 Å². The molecule has 2 rings (SSSR count). The molecule has 0 aliphatic heterocycles. The first-order valence-corrected chi connectivity index (χ1v) is 8.53. The van der Waals surface area contributed by atoms with Crippen LogP contribution >= 0.6 is 0 Å². The smallest absolute Gasteiger partial charge is 0.222 e. The maximum atomic E-state index is 12.4. The van der Waals surface area contributed by atoms with E-state index in [1.54, 1.807) is 0 Å². The van der Waals surface area contributed by atoms with Gasteiger partial charge in [0.1, 0.15) is 0 Å². The number of hydrogen-bond donors (Lipinski definition) is 2. The Labute approximate surface area is 124 Å². The van der Waals surface area contributed by atoms with Gasteiger partial charge in [-0.25, -0.2) is 0 Å². The summed E-state index contributed by atoms with van der Waals surface area (Å²) in [4.78, 5) is 12.4. The Kier molecular flexibility index (Phi) is 5.48. The summed E-state index contributed by atoms with van der Waals surface area (Å²) in [6.45, 7) is 4.61. The topological polar surface area (TPSA) is 41.1 Å². The molecule has 2 fully saturated rings. The molecule has 0 radical (unpaired) electrons. The molecule has 2 N–H and O–H groups in total. The van der Waals surface area contributed by atoms with E-state index in [4.69, 9.17) is 0 Å². The van der Waals surface area contributed by atoms with Crippen molar-refractivity contribution in [3.63, 3.8) is 0 Å². The lowest BCUT2D eigenvalue weighted by atomic mass is 9.78. The molecule has 0 spiro atoms. The fourth-order valence-corrected chi connectivity index (χ4v) is 4.19. The van der Waals surface area contributed by atoms with Crippen LogP contribution in [-0.4, -0.2) is 24.5 Å². The Morgan fingerprint density at radius 2 is 1.85 bits per heavy atom. The second-order valence-electron chi connectivity index (χ2n) is 7.34. The number of rotatable bonds is 4. The molecule has 0 saturated heterocycles. The van der Waals surface area contributed by atoms with E-state index in [-0.39, 0.29) is 11.4 Å². The van der Waals surface area contributed by atoms with Gasteiger partial charge in [-0.3, -0.25) is 4.79 Å². The fourth-order valence-electron chi connectivity index (χ4n) is 4.19. The molecule has 2 saturated carbocycles. The van der Waals surface area contributed by atoms with Gasteiger partial charge in [-0.15, -0.1) is 0 Å². The third kappa shape index (κ3) is 3.97. The van der Waals surface area contributed by atoms with Crippen LogP contribution in [0.3, 0.4) is 0 Å². The summed E-state index contributed by atoms with van der Waals surface area (Å²) >= 11 is 0. The molecule has 0 aromatic carbocycles. The van der Waals surface area contributed by atoms with Crippen molar-refractivity contribution in [1.29, 1.82) is 0 Å². The van der Waals surface area contributed by atoms with Crippen LogP contribution in [0.4, 0.5) is 0 Å². The molecule has 3 nitrogen and oxygen atoms in total. The van der Waals surface area contributed by atoms with Crippen molar-refractivity contribution in [1.82, 2.24) is 10.6 Å². The first kappa shape index (κ1) is 15.8. The lowest BCUT2D eigenvalue weighted by Gasteiger charge is -2.38. The van der Waals surface area contributed by atoms with Gasteiger partial charge in [0, 0.05) is 18.0 Å². The van der Waals surface area contributed by atoms with Gasteiger partial charge >= 0.3 is 0 Å². The van der Waals surface area contributed by atoms with E-state index in [9.17, 15) is 4.79 Å². The Bertz CT molecular complexity index is 323. The molecular formula is C17H32N2O. The number of carbonyl (C=O) groups excluding carboxylic acids is 1. The van der Waals surface area contributed by atoms with Gasteiger partial charge in [0.2, 0.25) is 5.91 Å². The zero-order valence-corrected chi connectivity index (χ0v) is 13.5. The van der Waals surface area contributed by atoms with E-state index in [2.05, 4.69) is 24.5 Å². The summed E-state index contributed by atoms with van der Waals surface area (Å²) in [5.74, 6) is 1.70. The van der Waals surface area contributed by atoms with E-state index in [1.165, 1.54) is 32.1 Å². The Hall–Kier alpha value is -0.570. The highest BCUT2D eigenvalue weighted by atomic mass is 16.1. The predicted molar refractivity (Wildman–Crippen MR) is 83.6 cm³/mol. The first-order valence-electron chi connectivity index (χ1n) is 8.53. The Morgan fingerprint density at radius 3 is 2.45 bits per heavy atom. The quantitative estimate of drug-likeness (QED) is 0.830. The summed E-state index contributed by atoms with van der Waals surface area (Å²) in [5, 5.41) is 6.76. The molecule has 3 heteroatoms. The first-order chi connectivity index (χ1) is 9.54. The van der Waals surface area contributed by atoms with Crippen LogP contribution in [0.15, 0.2) is 0 Å². The maximum Gasteiger partial charge on any atom is 0.222 e. The van der Waals surface area contributed by atoms with E-state index in [1.807, 2.05) is 7.05 Å². The lowest BCUT2D eigenvalue weighted by Crippen LogP contribution is -2.50. The molecule has 2 aliphatic rings. The zero-order valence-electron chi connectivity index (χ0n) is 13.5. The molecule has 20 heavy (non-hydrogen) atoms. The molecule has 0 bridgehead atoms. The van der Waals surface area contributed by atoms with Crippen LogP contribution in [0.25, 0.3) is 0 Å². The largest absolute Gasteiger partial charge is 0.353 e. The minimum Gasteiger partial charge on any atom is -0.353 e.